The second kappa shape index (κ2) is 6.21. The lowest BCUT2D eigenvalue weighted by Crippen LogP contribution is -2.11. The first-order valence-corrected chi connectivity index (χ1v) is 7.67. The molecule has 0 aliphatic heterocycles. The number of hydrogen-bond donors (Lipinski definition) is 1. The second-order valence-corrected chi connectivity index (χ2v) is 6.86. The third-order valence-corrected chi connectivity index (χ3v) is 4.02. The Hall–Kier alpha value is -0.810. The molecule has 17 heavy (non-hydrogen) atoms. The van der Waals surface area contributed by atoms with E-state index in [1.54, 1.807) is 6.07 Å². The van der Waals surface area contributed by atoms with Gasteiger partial charge in [-0.05, 0) is 31.5 Å². The lowest BCUT2D eigenvalue weighted by molar-refractivity contribution is 0.464. The van der Waals surface area contributed by atoms with Crippen molar-refractivity contribution in [2.24, 2.45) is 5.92 Å². The Morgan fingerprint density at radius 3 is 2.53 bits per heavy atom. The van der Waals surface area contributed by atoms with Gasteiger partial charge in [0.15, 0.2) is 9.84 Å². The average molecular weight is 259 g/mol. The molecule has 1 aromatic rings. The van der Waals surface area contributed by atoms with E-state index < -0.39 is 9.84 Å². The van der Waals surface area contributed by atoms with Gasteiger partial charge in [0.1, 0.15) is 17.3 Å². The molecule has 98 valence electrons. The van der Waals surface area contributed by atoms with Crippen LogP contribution in [0.5, 0.6) is 0 Å². The molecule has 0 saturated heterocycles. The molecule has 0 bridgehead atoms. The van der Waals surface area contributed by atoms with Crippen LogP contribution < -0.4 is 5.32 Å². The number of nitrogens with one attached hydrogen (secondary N) is 1. The van der Waals surface area contributed by atoms with Gasteiger partial charge in [0.2, 0.25) is 0 Å². The van der Waals surface area contributed by atoms with Gasteiger partial charge >= 0.3 is 0 Å². The van der Waals surface area contributed by atoms with Crippen molar-refractivity contribution in [1.29, 1.82) is 0 Å². The third kappa shape index (κ3) is 5.37. The smallest absolute Gasteiger partial charge is 0.157 e. The van der Waals surface area contributed by atoms with Crippen LogP contribution in [0.4, 0.5) is 0 Å². The van der Waals surface area contributed by atoms with Crippen molar-refractivity contribution in [2.45, 2.75) is 32.6 Å². The molecular weight excluding hydrogens is 238 g/mol. The van der Waals surface area contributed by atoms with Gasteiger partial charge < -0.3 is 9.73 Å². The van der Waals surface area contributed by atoms with Crippen LogP contribution in [0.25, 0.3) is 0 Å². The lowest BCUT2D eigenvalue weighted by Gasteiger charge is -2.05. The molecule has 4 nitrogen and oxygen atoms in total. The Morgan fingerprint density at radius 2 is 1.94 bits per heavy atom. The Morgan fingerprint density at radius 1 is 1.29 bits per heavy atom. The van der Waals surface area contributed by atoms with Crippen molar-refractivity contribution in [3.05, 3.63) is 23.7 Å². The van der Waals surface area contributed by atoms with Crippen LogP contribution in [0, 0.1) is 5.92 Å². The summed E-state index contributed by atoms with van der Waals surface area (Å²) in [6.45, 7) is 4.66. The molecular formula is C12H21NO3S. The molecule has 1 N–H and O–H groups in total. The van der Waals surface area contributed by atoms with Crippen molar-refractivity contribution in [1.82, 2.24) is 5.32 Å². The van der Waals surface area contributed by atoms with E-state index in [9.17, 15) is 8.42 Å². The highest BCUT2D eigenvalue weighted by Crippen LogP contribution is 2.13. The first kappa shape index (κ1) is 14.3. The zero-order valence-electron chi connectivity index (χ0n) is 10.7. The molecule has 1 rings (SSSR count). The summed E-state index contributed by atoms with van der Waals surface area (Å²) in [4.78, 5) is 0. The van der Waals surface area contributed by atoms with Crippen LogP contribution in [0.3, 0.4) is 0 Å². The molecule has 5 heteroatoms. The molecule has 0 fully saturated rings. The SMILES string of the molecule is CNCc1ccc(CS(=O)(=O)CCC(C)C)o1. The predicted molar refractivity (Wildman–Crippen MR) is 68.4 cm³/mol. The Kier molecular flexibility index (Phi) is 5.21. The van der Waals surface area contributed by atoms with E-state index in [0.717, 1.165) is 5.76 Å². The topological polar surface area (TPSA) is 59.3 Å². The summed E-state index contributed by atoms with van der Waals surface area (Å²) in [5.41, 5.74) is 0. The summed E-state index contributed by atoms with van der Waals surface area (Å²) in [6, 6.07) is 3.55. The summed E-state index contributed by atoms with van der Waals surface area (Å²) in [7, 11) is -1.22. The van der Waals surface area contributed by atoms with Crippen molar-refractivity contribution < 1.29 is 12.8 Å². The van der Waals surface area contributed by atoms with Crippen LogP contribution >= 0.6 is 0 Å². The largest absolute Gasteiger partial charge is 0.464 e. The van der Waals surface area contributed by atoms with Crippen LogP contribution in [0.15, 0.2) is 16.5 Å². The molecule has 1 heterocycles. The molecule has 0 amide bonds. The fourth-order valence-corrected chi connectivity index (χ4v) is 3.04. The van der Waals surface area contributed by atoms with E-state index in [1.807, 2.05) is 27.0 Å². The van der Waals surface area contributed by atoms with Crippen molar-refractivity contribution in [3.63, 3.8) is 0 Å². The van der Waals surface area contributed by atoms with E-state index in [4.69, 9.17) is 4.42 Å². The second-order valence-electron chi connectivity index (χ2n) is 4.67. The molecule has 0 aliphatic carbocycles. The van der Waals surface area contributed by atoms with Gasteiger partial charge in [-0.25, -0.2) is 8.42 Å². The maximum Gasteiger partial charge on any atom is 0.157 e. The third-order valence-electron chi connectivity index (χ3n) is 2.44. The fraction of sp³-hybridized carbons (Fsp3) is 0.667. The average Bonchev–Trinajstić information content (AvgIpc) is 2.63. The zero-order valence-corrected chi connectivity index (χ0v) is 11.5. The minimum atomic E-state index is -3.05. The van der Waals surface area contributed by atoms with Crippen molar-refractivity contribution in [2.75, 3.05) is 12.8 Å². The maximum absolute atomic E-state index is 11.8. The number of sulfone groups is 1. The molecule has 0 aromatic carbocycles. The fourth-order valence-electron chi connectivity index (χ4n) is 1.47. The predicted octanol–water partition coefficient (Wildman–Crippen LogP) is 1.96. The molecule has 0 unspecified atom stereocenters. The standard InChI is InChI=1S/C12H21NO3S/c1-10(2)6-7-17(14,15)9-12-5-4-11(16-12)8-13-3/h4-5,10,13H,6-9H2,1-3H3. The van der Waals surface area contributed by atoms with E-state index in [0.29, 0.717) is 24.6 Å². The van der Waals surface area contributed by atoms with Gasteiger partial charge in [-0.2, -0.15) is 0 Å². The highest BCUT2D eigenvalue weighted by molar-refractivity contribution is 7.90. The first-order valence-electron chi connectivity index (χ1n) is 5.85. The number of hydrogen-bond acceptors (Lipinski definition) is 4. The number of furan rings is 1. The minimum Gasteiger partial charge on any atom is -0.464 e. The summed E-state index contributed by atoms with van der Waals surface area (Å²) in [5.74, 6) is 1.93. The van der Waals surface area contributed by atoms with Crippen LogP contribution in [-0.4, -0.2) is 21.2 Å². The van der Waals surface area contributed by atoms with Gasteiger partial charge in [-0.3, -0.25) is 0 Å². The normalized spacial score (nSPS) is 12.2. The molecule has 1 aromatic heterocycles. The molecule has 0 radical (unpaired) electrons. The zero-order chi connectivity index (χ0) is 12.9. The monoisotopic (exact) mass is 259 g/mol. The van der Waals surface area contributed by atoms with E-state index >= 15 is 0 Å². The Labute approximate surface area is 103 Å². The van der Waals surface area contributed by atoms with E-state index in [1.165, 1.54) is 0 Å². The van der Waals surface area contributed by atoms with E-state index in [-0.39, 0.29) is 11.5 Å². The number of rotatable bonds is 7. The van der Waals surface area contributed by atoms with Crippen LogP contribution in [0.2, 0.25) is 0 Å². The summed E-state index contributed by atoms with van der Waals surface area (Å²) < 4.78 is 29.0. The Bertz CT molecular complexity index is 434. The Balaban J connectivity index is 2.56. The van der Waals surface area contributed by atoms with Gasteiger partial charge in [-0.1, -0.05) is 13.8 Å². The molecule has 0 spiro atoms. The highest BCUT2D eigenvalue weighted by atomic mass is 32.2. The molecule has 0 aliphatic rings. The van der Waals surface area contributed by atoms with Crippen LogP contribution in [0.1, 0.15) is 31.8 Å². The first-order chi connectivity index (χ1) is 7.93. The summed E-state index contributed by atoms with van der Waals surface area (Å²) >= 11 is 0. The van der Waals surface area contributed by atoms with Gasteiger partial charge in [0.25, 0.3) is 0 Å². The minimum absolute atomic E-state index is 0.00341. The highest BCUT2D eigenvalue weighted by Gasteiger charge is 2.15. The summed E-state index contributed by atoms with van der Waals surface area (Å²) in [6.07, 6.45) is 0.701. The maximum atomic E-state index is 11.8. The van der Waals surface area contributed by atoms with Crippen molar-refractivity contribution in [3.8, 4) is 0 Å². The van der Waals surface area contributed by atoms with Gasteiger partial charge in [-0.15, -0.1) is 0 Å². The molecule has 0 saturated carbocycles. The van der Waals surface area contributed by atoms with Crippen LogP contribution in [-0.2, 0) is 22.1 Å². The van der Waals surface area contributed by atoms with E-state index in [2.05, 4.69) is 5.32 Å². The van der Waals surface area contributed by atoms with Gasteiger partial charge in [0, 0.05) is 0 Å². The van der Waals surface area contributed by atoms with Crippen molar-refractivity contribution >= 4 is 9.84 Å². The van der Waals surface area contributed by atoms with Gasteiger partial charge in [0.05, 0.1) is 12.3 Å². The molecule has 0 atom stereocenters. The quantitative estimate of drug-likeness (QED) is 0.813. The summed E-state index contributed by atoms with van der Waals surface area (Å²) in [5, 5.41) is 2.96. The lowest BCUT2D eigenvalue weighted by atomic mass is 10.2.